The third-order valence-electron chi connectivity index (χ3n) is 3.12. The second-order valence-electron chi connectivity index (χ2n) is 4.53. The molecular formula is C13H16N2O4. The lowest BCUT2D eigenvalue weighted by Gasteiger charge is -2.22. The molecule has 0 bridgehead atoms. The number of carbonyl (C=O) groups excluding carboxylic acids is 1. The van der Waals surface area contributed by atoms with E-state index in [1.54, 1.807) is 0 Å². The van der Waals surface area contributed by atoms with Crippen molar-refractivity contribution in [2.75, 3.05) is 11.9 Å². The van der Waals surface area contributed by atoms with Crippen LogP contribution in [0.1, 0.15) is 29.6 Å². The molecule has 4 N–H and O–H groups in total. The smallest absolute Gasteiger partial charge is 0.337 e. The molecule has 2 rings (SSSR count). The molecule has 1 unspecified atom stereocenters. The highest BCUT2D eigenvalue weighted by Crippen LogP contribution is 2.22. The molecule has 0 spiro atoms. The number of carboxylic acid groups (broad SMARTS) is 1. The Kier molecular flexibility index (Phi) is 4.01. The number of phenols is 1. The van der Waals surface area contributed by atoms with Crippen LogP contribution in [0.4, 0.5) is 5.69 Å². The molecule has 0 radical (unpaired) electrons. The lowest BCUT2D eigenvalue weighted by Crippen LogP contribution is -2.43. The van der Waals surface area contributed by atoms with Gasteiger partial charge in [-0.25, -0.2) is 4.79 Å². The van der Waals surface area contributed by atoms with Crippen molar-refractivity contribution in [3.8, 4) is 5.75 Å². The number of rotatable bonds is 3. The summed E-state index contributed by atoms with van der Waals surface area (Å²) in [7, 11) is 0. The lowest BCUT2D eigenvalue weighted by atomic mass is 10.0. The van der Waals surface area contributed by atoms with E-state index in [0.29, 0.717) is 0 Å². The van der Waals surface area contributed by atoms with Crippen LogP contribution in [-0.4, -0.2) is 34.7 Å². The number of piperidine rings is 1. The monoisotopic (exact) mass is 264 g/mol. The first-order chi connectivity index (χ1) is 9.08. The van der Waals surface area contributed by atoms with Crippen LogP contribution >= 0.6 is 0 Å². The minimum atomic E-state index is -1.19. The first kappa shape index (κ1) is 13.4. The SMILES string of the molecule is O=C(O)c1cc(O)ccc1NC(=O)C1CCCCN1. The Bertz CT molecular complexity index is 495. The van der Waals surface area contributed by atoms with Gasteiger partial charge in [-0.05, 0) is 37.6 Å². The van der Waals surface area contributed by atoms with Crippen molar-refractivity contribution in [1.82, 2.24) is 5.32 Å². The Morgan fingerprint density at radius 3 is 2.74 bits per heavy atom. The molecule has 1 aliphatic heterocycles. The molecule has 1 amide bonds. The van der Waals surface area contributed by atoms with E-state index < -0.39 is 5.97 Å². The Morgan fingerprint density at radius 1 is 1.32 bits per heavy atom. The minimum Gasteiger partial charge on any atom is -0.508 e. The number of carboxylic acids is 1. The quantitative estimate of drug-likeness (QED) is 0.614. The van der Waals surface area contributed by atoms with Crippen molar-refractivity contribution < 1.29 is 19.8 Å². The summed E-state index contributed by atoms with van der Waals surface area (Å²) < 4.78 is 0. The molecule has 1 heterocycles. The second kappa shape index (κ2) is 5.71. The highest BCUT2D eigenvalue weighted by molar-refractivity contribution is 6.02. The largest absolute Gasteiger partial charge is 0.508 e. The Labute approximate surface area is 110 Å². The van der Waals surface area contributed by atoms with E-state index in [1.807, 2.05) is 0 Å². The van der Waals surface area contributed by atoms with Crippen LogP contribution in [0.3, 0.4) is 0 Å². The van der Waals surface area contributed by atoms with Crippen molar-refractivity contribution in [1.29, 1.82) is 0 Å². The van der Waals surface area contributed by atoms with Crippen LogP contribution < -0.4 is 10.6 Å². The number of aromatic hydroxyl groups is 1. The summed E-state index contributed by atoms with van der Waals surface area (Å²) in [4.78, 5) is 23.1. The zero-order chi connectivity index (χ0) is 13.8. The van der Waals surface area contributed by atoms with Crippen molar-refractivity contribution >= 4 is 17.6 Å². The molecular weight excluding hydrogens is 248 g/mol. The fourth-order valence-corrected chi connectivity index (χ4v) is 2.11. The summed E-state index contributed by atoms with van der Waals surface area (Å²) in [5.41, 5.74) is 0.0758. The van der Waals surface area contributed by atoms with Crippen molar-refractivity contribution in [3.63, 3.8) is 0 Å². The van der Waals surface area contributed by atoms with Gasteiger partial charge in [-0.1, -0.05) is 6.42 Å². The summed E-state index contributed by atoms with van der Waals surface area (Å²) in [6, 6.07) is 3.56. The van der Waals surface area contributed by atoms with Gasteiger partial charge in [0.15, 0.2) is 0 Å². The van der Waals surface area contributed by atoms with Gasteiger partial charge in [0.2, 0.25) is 5.91 Å². The molecule has 1 aliphatic rings. The normalized spacial score (nSPS) is 18.8. The molecule has 0 aromatic heterocycles. The van der Waals surface area contributed by atoms with Gasteiger partial charge in [-0.2, -0.15) is 0 Å². The average molecular weight is 264 g/mol. The average Bonchev–Trinajstić information content (AvgIpc) is 2.41. The standard InChI is InChI=1S/C13H16N2O4/c16-8-4-5-10(9(7-8)13(18)19)15-12(17)11-3-1-2-6-14-11/h4-5,7,11,14,16H,1-3,6H2,(H,15,17)(H,18,19). The van der Waals surface area contributed by atoms with Gasteiger partial charge in [-0.3, -0.25) is 4.79 Å². The highest BCUT2D eigenvalue weighted by atomic mass is 16.4. The van der Waals surface area contributed by atoms with Gasteiger partial charge in [-0.15, -0.1) is 0 Å². The summed E-state index contributed by atoms with van der Waals surface area (Å²) in [5.74, 6) is -1.58. The van der Waals surface area contributed by atoms with Gasteiger partial charge in [0.1, 0.15) is 5.75 Å². The third kappa shape index (κ3) is 3.23. The number of amides is 1. The Hall–Kier alpha value is -2.08. The molecule has 1 saturated heterocycles. The maximum absolute atomic E-state index is 12.0. The summed E-state index contributed by atoms with van der Waals surface area (Å²) in [6.45, 7) is 0.791. The van der Waals surface area contributed by atoms with Crippen LogP contribution in [-0.2, 0) is 4.79 Å². The van der Waals surface area contributed by atoms with E-state index in [2.05, 4.69) is 10.6 Å². The molecule has 1 aromatic carbocycles. The number of hydrogen-bond acceptors (Lipinski definition) is 4. The van der Waals surface area contributed by atoms with Crippen LogP contribution in [0.15, 0.2) is 18.2 Å². The topological polar surface area (TPSA) is 98.7 Å². The lowest BCUT2D eigenvalue weighted by molar-refractivity contribution is -0.118. The van der Waals surface area contributed by atoms with Gasteiger partial charge in [0, 0.05) is 0 Å². The first-order valence-electron chi connectivity index (χ1n) is 6.18. The molecule has 6 nitrogen and oxygen atoms in total. The number of anilines is 1. The van der Waals surface area contributed by atoms with E-state index in [4.69, 9.17) is 5.11 Å². The fourth-order valence-electron chi connectivity index (χ4n) is 2.11. The maximum atomic E-state index is 12.0. The summed E-state index contributed by atoms with van der Waals surface area (Å²) >= 11 is 0. The molecule has 1 fully saturated rings. The molecule has 6 heteroatoms. The maximum Gasteiger partial charge on any atom is 0.337 e. The first-order valence-corrected chi connectivity index (χ1v) is 6.18. The molecule has 0 saturated carbocycles. The molecule has 19 heavy (non-hydrogen) atoms. The van der Waals surface area contributed by atoms with Crippen LogP contribution in [0.25, 0.3) is 0 Å². The zero-order valence-electron chi connectivity index (χ0n) is 10.3. The number of aromatic carboxylic acids is 1. The number of benzene rings is 1. The molecule has 1 atom stereocenters. The van der Waals surface area contributed by atoms with Gasteiger partial charge < -0.3 is 20.8 Å². The zero-order valence-corrected chi connectivity index (χ0v) is 10.3. The van der Waals surface area contributed by atoms with Crippen LogP contribution in [0.2, 0.25) is 0 Å². The fraction of sp³-hybridized carbons (Fsp3) is 0.385. The van der Waals surface area contributed by atoms with E-state index >= 15 is 0 Å². The molecule has 102 valence electrons. The van der Waals surface area contributed by atoms with E-state index in [-0.39, 0.29) is 28.9 Å². The number of phenolic OH excluding ortho intramolecular Hbond substituents is 1. The predicted molar refractivity (Wildman–Crippen MR) is 69.3 cm³/mol. The third-order valence-corrected chi connectivity index (χ3v) is 3.12. The summed E-state index contributed by atoms with van der Waals surface area (Å²) in [5, 5.41) is 24.0. The number of hydrogen-bond donors (Lipinski definition) is 4. The molecule has 1 aromatic rings. The number of carbonyl (C=O) groups is 2. The highest BCUT2D eigenvalue weighted by Gasteiger charge is 2.22. The number of nitrogens with one attached hydrogen (secondary N) is 2. The Balaban J connectivity index is 2.13. The minimum absolute atomic E-state index is 0.121. The Morgan fingerprint density at radius 2 is 2.11 bits per heavy atom. The van der Waals surface area contributed by atoms with E-state index in [1.165, 1.54) is 12.1 Å². The second-order valence-corrected chi connectivity index (χ2v) is 4.53. The van der Waals surface area contributed by atoms with E-state index in [0.717, 1.165) is 31.9 Å². The van der Waals surface area contributed by atoms with Gasteiger partial charge in [0.05, 0.1) is 17.3 Å². The van der Waals surface area contributed by atoms with Crippen molar-refractivity contribution in [2.24, 2.45) is 0 Å². The van der Waals surface area contributed by atoms with E-state index in [9.17, 15) is 14.7 Å². The van der Waals surface area contributed by atoms with Crippen LogP contribution in [0, 0.1) is 0 Å². The predicted octanol–water partition coefficient (Wildman–Crippen LogP) is 1.17. The van der Waals surface area contributed by atoms with Crippen molar-refractivity contribution in [3.05, 3.63) is 23.8 Å². The van der Waals surface area contributed by atoms with Crippen LogP contribution in [0.5, 0.6) is 5.75 Å². The van der Waals surface area contributed by atoms with Gasteiger partial charge >= 0.3 is 5.97 Å². The van der Waals surface area contributed by atoms with Crippen molar-refractivity contribution in [2.45, 2.75) is 25.3 Å². The summed E-state index contributed by atoms with van der Waals surface area (Å²) in [6.07, 6.45) is 2.77. The molecule has 0 aliphatic carbocycles. The van der Waals surface area contributed by atoms with Gasteiger partial charge in [0.25, 0.3) is 0 Å².